The van der Waals surface area contributed by atoms with E-state index in [4.69, 9.17) is 15.9 Å². The van der Waals surface area contributed by atoms with Crippen LogP contribution in [0, 0.1) is 0 Å². The summed E-state index contributed by atoms with van der Waals surface area (Å²) in [6.07, 6.45) is 1.28. The van der Waals surface area contributed by atoms with Crippen LogP contribution in [0.3, 0.4) is 0 Å². The van der Waals surface area contributed by atoms with Gasteiger partial charge in [0.1, 0.15) is 6.04 Å². The van der Waals surface area contributed by atoms with Crippen LogP contribution in [0.25, 0.3) is 0 Å². The van der Waals surface area contributed by atoms with E-state index in [2.05, 4.69) is 5.10 Å². The predicted molar refractivity (Wildman–Crippen MR) is 44.7 cm³/mol. The number of rotatable bonds is 3. The molecule has 0 aliphatic carbocycles. The molecule has 76 valence electrons. The summed E-state index contributed by atoms with van der Waals surface area (Å²) in [5.41, 5.74) is 4.94. The first-order chi connectivity index (χ1) is 6.43. The molecular formula is C7H9N3O4. The lowest BCUT2D eigenvalue weighted by Gasteiger charge is -2.02. The summed E-state index contributed by atoms with van der Waals surface area (Å²) in [4.78, 5) is 21.2. The SMILES string of the molecule is Cn1cc(C(N)C(=O)O)c(C(=O)O)n1. The molecule has 7 nitrogen and oxygen atoms in total. The van der Waals surface area contributed by atoms with Crippen LogP contribution >= 0.6 is 0 Å². The van der Waals surface area contributed by atoms with Gasteiger partial charge < -0.3 is 15.9 Å². The Bertz CT molecular complexity index is 384. The van der Waals surface area contributed by atoms with E-state index in [1.807, 2.05) is 0 Å². The number of hydrogen-bond acceptors (Lipinski definition) is 4. The number of nitrogens with two attached hydrogens (primary N) is 1. The predicted octanol–water partition coefficient (Wildman–Crippen LogP) is -0.797. The second kappa shape index (κ2) is 3.46. The van der Waals surface area contributed by atoms with Gasteiger partial charge in [0.15, 0.2) is 5.69 Å². The van der Waals surface area contributed by atoms with E-state index in [1.54, 1.807) is 0 Å². The highest BCUT2D eigenvalue weighted by atomic mass is 16.4. The summed E-state index contributed by atoms with van der Waals surface area (Å²) in [7, 11) is 1.49. The molecule has 0 saturated heterocycles. The summed E-state index contributed by atoms with van der Waals surface area (Å²) in [6, 6.07) is -1.37. The molecule has 0 aromatic carbocycles. The number of nitrogens with zero attached hydrogens (tertiary/aromatic N) is 2. The van der Waals surface area contributed by atoms with Crippen LogP contribution in [0.5, 0.6) is 0 Å². The van der Waals surface area contributed by atoms with Crippen LogP contribution in [-0.2, 0) is 11.8 Å². The molecule has 0 amide bonds. The largest absolute Gasteiger partial charge is 0.480 e. The molecule has 1 aromatic rings. The molecule has 0 radical (unpaired) electrons. The van der Waals surface area contributed by atoms with Gasteiger partial charge in [-0.25, -0.2) is 4.79 Å². The second-order valence-corrected chi connectivity index (χ2v) is 2.73. The normalized spacial score (nSPS) is 12.4. The molecule has 1 aromatic heterocycles. The maximum atomic E-state index is 10.6. The van der Waals surface area contributed by atoms with Crippen molar-refractivity contribution in [3.05, 3.63) is 17.5 Å². The van der Waals surface area contributed by atoms with Crippen molar-refractivity contribution in [2.45, 2.75) is 6.04 Å². The van der Waals surface area contributed by atoms with Crippen LogP contribution in [0.4, 0.5) is 0 Å². The van der Waals surface area contributed by atoms with E-state index in [0.717, 1.165) is 0 Å². The van der Waals surface area contributed by atoms with Crippen molar-refractivity contribution < 1.29 is 19.8 Å². The van der Waals surface area contributed by atoms with E-state index >= 15 is 0 Å². The third kappa shape index (κ3) is 1.72. The molecular weight excluding hydrogens is 190 g/mol. The summed E-state index contributed by atoms with van der Waals surface area (Å²) in [6.45, 7) is 0. The molecule has 4 N–H and O–H groups in total. The Kier molecular flexibility index (Phi) is 2.52. The number of aromatic nitrogens is 2. The van der Waals surface area contributed by atoms with Crippen LogP contribution < -0.4 is 5.73 Å². The molecule has 0 bridgehead atoms. The minimum Gasteiger partial charge on any atom is -0.480 e. The quantitative estimate of drug-likeness (QED) is 0.586. The number of aliphatic carboxylic acids is 1. The third-order valence-electron chi connectivity index (χ3n) is 1.66. The van der Waals surface area contributed by atoms with Gasteiger partial charge in [-0.1, -0.05) is 0 Å². The third-order valence-corrected chi connectivity index (χ3v) is 1.66. The van der Waals surface area contributed by atoms with Crippen LogP contribution in [-0.4, -0.2) is 31.9 Å². The van der Waals surface area contributed by atoms with Gasteiger partial charge in [0.2, 0.25) is 0 Å². The maximum Gasteiger partial charge on any atom is 0.356 e. The number of aryl methyl sites for hydroxylation is 1. The number of carboxylic acids is 2. The van der Waals surface area contributed by atoms with Crippen molar-refractivity contribution in [3.8, 4) is 0 Å². The van der Waals surface area contributed by atoms with E-state index in [9.17, 15) is 9.59 Å². The van der Waals surface area contributed by atoms with Gasteiger partial charge in [0.25, 0.3) is 0 Å². The molecule has 7 heteroatoms. The molecule has 0 aliphatic rings. The van der Waals surface area contributed by atoms with Gasteiger partial charge in [-0.15, -0.1) is 0 Å². The molecule has 1 atom stereocenters. The first kappa shape index (κ1) is 10.2. The Morgan fingerprint density at radius 3 is 2.57 bits per heavy atom. The number of hydrogen-bond donors (Lipinski definition) is 3. The van der Waals surface area contributed by atoms with Crippen LogP contribution in [0.15, 0.2) is 6.20 Å². The molecule has 0 fully saturated rings. The highest BCUT2D eigenvalue weighted by molar-refractivity contribution is 5.89. The fourth-order valence-electron chi connectivity index (χ4n) is 1.03. The molecule has 1 heterocycles. The first-order valence-electron chi connectivity index (χ1n) is 3.68. The standard InChI is InChI=1S/C7H9N3O4/c1-10-2-3(4(8)6(11)12)5(9-10)7(13)14/h2,4H,8H2,1H3,(H,11,12)(H,13,14). The lowest BCUT2D eigenvalue weighted by molar-refractivity contribution is -0.138. The Morgan fingerprint density at radius 1 is 1.57 bits per heavy atom. The Labute approximate surface area is 78.7 Å². The molecule has 0 saturated carbocycles. The van der Waals surface area contributed by atoms with Crippen molar-refractivity contribution in [2.24, 2.45) is 12.8 Å². The first-order valence-corrected chi connectivity index (χ1v) is 3.68. The van der Waals surface area contributed by atoms with Gasteiger partial charge in [-0.2, -0.15) is 5.10 Å². The summed E-state index contributed by atoms with van der Waals surface area (Å²) < 4.78 is 1.21. The Morgan fingerprint density at radius 2 is 2.14 bits per heavy atom. The van der Waals surface area contributed by atoms with Crippen molar-refractivity contribution in [1.29, 1.82) is 0 Å². The van der Waals surface area contributed by atoms with Gasteiger partial charge >= 0.3 is 11.9 Å². The minimum atomic E-state index is -1.37. The fourth-order valence-corrected chi connectivity index (χ4v) is 1.03. The lowest BCUT2D eigenvalue weighted by atomic mass is 10.1. The van der Waals surface area contributed by atoms with E-state index < -0.39 is 18.0 Å². The molecule has 0 aliphatic heterocycles. The maximum absolute atomic E-state index is 10.6. The zero-order chi connectivity index (χ0) is 10.9. The summed E-state index contributed by atoms with van der Waals surface area (Å²) in [5, 5.41) is 20.9. The minimum absolute atomic E-state index is 0.00694. The average molecular weight is 199 g/mol. The number of carbonyl (C=O) groups is 2. The van der Waals surface area contributed by atoms with Crippen molar-refractivity contribution in [2.75, 3.05) is 0 Å². The van der Waals surface area contributed by atoms with Crippen LogP contribution in [0.2, 0.25) is 0 Å². The van der Waals surface area contributed by atoms with E-state index in [1.165, 1.54) is 17.9 Å². The zero-order valence-electron chi connectivity index (χ0n) is 7.34. The average Bonchev–Trinajstić information content (AvgIpc) is 2.45. The second-order valence-electron chi connectivity index (χ2n) is 2.73. The molecule has 0 spiro atoms. The molecule has 1 unspecified atom stereocenters. The molecule has 14 heavy (non-hydrogen) atoms. The number of carboxylic acid groups (broad SMARTS) is 2. The van der Waals surface area contributed by atoms with E-state index in [0.29, 0.717) is 0 Å². The van der Waals surface area contributed by atoms with Gasteiger partial charge in [0.05, 0.1) is 0 Å². The van der Waals surface area contributed by atoms with Gasteiger partial charge in [-0.3, -0.25) is 9.48 Å². The smallest absolute Gasteiger partial charge is 0.356 e. The highest BCUT2D eigenvalue weighted by Crippen LogP contribution is 2.14. The van der Waals surface area contributed by atoms with Crippen molar-refractivity contribution >= 4 is 11.9 Å². The monoisotopic (exact) mass is 199 g/mol. The van der Waals surface area contributed by atoms with Gasteiger partial charge in [-0.05, 0) is 0 Å². The number of aromatic carboxylic acids is 1. The van der Waals surface area contributed by atoms with Crippen molar-refractivity contribution in [3.63, 3.8) is 0 Å². The summed E-state index contributed by atoms with van der Waals surface area (Å²) >= 11 is 0. The van der Waals surface area contributed by atoms with Gasteiger partial charge in [0, 0.05) is 18.8 Å². The Hall–Kier alpha value is -1.89. The Balaban J connectivity index is 3.19. The van der Waals surface area contributed by atoms with Crippen molar-refractivity contribution in [1.82, 2.24) is 9.78 Å². The molecule has 1 rings (SSSR count). The zero-order valence-corrected chi connectivity index (χ0v) is 7.34. The lowest BCUT2D eigenvalue weighted by Crippen LogP contribution is -2.22. The fraction of sp³-hybridized carbons (Fsp3) is 0.286. The van der Waals surface area contributed by atoms with Crippen LogP contribution in [0.1, 0.15) is 22.1 Å². The highest BCUT2D eigenvalue weighted by Gasteiger charge is 2.24. The summed E-state index contributed by atoms with van der Waals surface area (Å²) in [5.74, 6) is -2.59. The van der Waals surface area contributed by atoms with E-state index in [-0.39, 0.29) is 11.3 Å². The topological polar surface area (TPSA) is 118 Å².